The summed E-state index contributed by atoms with van der Waals surface area (Å²) in [5, 5.41) is 2.07. The molecule has 0 bridgehead atoms. The van der Waals surface area contributed by atoms with Gasteiger partial charge in [0, 0.05) is 39.0 Å². The molecule has 48 heavy (non-hydrogen) atoms. The zero-order valence-electron chi connectivity index (χ0n) is 26.0. The summed E-state index contributed by atoms with van der Waals surface area (Å²) in [6.45, 7) is 3.50. The van der Waals surface area contributed by atoms with Crippen molar-refractivity contribution in [3.8, 4) is 5.69 Å². The molecule has 0 saturated heterocycles. The number of nitrogens with zero attached hydrogens (tertiary/aromatic N) is 3. The maximum Gasteiger partial charge on any atom is 0.397 e. The summed E-state index contributed by atoms with van der Waals surface area (Å²) in [5.41, 5.74) is 8.18. The molecule has 0 spiro atoms. The van der Waals surface area contributed by atoms with Crippen molar-refractivity contribution < 1.29 is 17.6 Å². The monoisotopic (exact) mass is 635 g/mol. The molecular weight excluding hydrogens is 609 g/mol. The van der Waals surface area contributed by atoms with Crippen LogP contribution in [0.5, 0.6) is 0 Å². The van der Waals surface area contributed by atoms with Crippen LogP contribution in [-0.4, -0.2) is 17.3 Å². The van der Waals surface area contributed by atoms with Gasteiger partial charge in [-0.2, -0.15) is 17.6 Å². The molecule has 3 aliphatic heterocycles. The molecule has 0 aliphatic carbocycles. The van der Waals surface area contributed by atoms with E-state index in [4.69, 9.17) is 0 Å². The van der Waals surface area contributed by atoms with Gasteiger partial charge in [-0.25, -0.2) is 0 Å². The smallest absolute Gasteiger partial charge is 0.310 e. The molecule has 3 nitrogen and oxygen atoms in total. The number of anilines is 5. The second kappa shape index (κ2) is 9.10. The standard InChI is InChI=1S/C40H26BF4N3/c1-23-11-3-6-18-31(23)46(32-19-7-4-12-24(32)2)25-21-34-36-35(22-25)48-38-28(39(42,43)40(48,44)45)15-10-17-30(38)41(36)29-16-9-14-27-26-13-5-8-20-33(26)47(34)37(27)29/h3-22H,1-2H3. The number of aromatic nitrogens is 1. The SMILES string of the molecule is Cc1ccccc1N(c1cc2c3c(c1)-n1c4ccccc4c4cccc(c41)B3c1cccc3c1N2C(F)(F)C3(F)F)c1ccccc1C. The average Bonchev–Trinajstić information content (AvgIpc) is 3.50. The van der Waals surface area contributed by atoms with Crippen LogP contribution in [0.1, 0.15) is 16.7 Å². The van der Waals surface area contributed by atoms with Crippen LogP contribution in [0.25, 0.3) is 27.5 Å². The third kappa shape index (κ3) is 3.20. The Morgan fingerprint density at radius 3 is 1.96 bits per heavy atom. The van der Waals surface area contributed by atoms with Gasteiger partial charge in [0.15, 0.2) is 0 Å². The first kappa shape index (κ1) is 27.6. The van der Waals surface area contributed by atoms with E-state index in [1.165, 1.54) is 6.07 Å². The number of hydrogen-bond donors (Lipinski definition) is 0. The molecule has 0 N–H and O–H groups in total. The molecule has 0 unspecified atom stereocenters. The van der Waals surface area contributed by atoms with Crippen molar-refractivity contribution in [1.29, 1.82) is 0 Å². The Hall–Kier alpha value is -5.50. The van der Waals surface area contributed by atoms with Crippen molar-refractivity contribution in [3.63, 3.8) is 0 Å². The van der Waals surface area contributed by atoms with Gasteiger partial charge in [-0.15, -0.1) is 0 Å². The summed E-state index contributed by atoms with van der Waals surface area (Å²) >= 11 is 0. The lowest BCUT2D eigenvalue weighted by Gasteiger charge is -2.41. The summed E-state index contributed by atoms with van der Waals surface area (Å²) in [6, 6.07) is 33.6. The topological polar surface area (TPSA) is 11.4 Å². The van der Waals surface area contributed by atoms with E-state index in [1.54, 1.807) is 12.1 Å². The number of halogens is 4. The van der Waals surface area contributed by atoms with Crippen LogP contribution in [0.4, 0.5) is 46.0 Å². The fourth-order valence-corrected chi connectivity index (χ4v) is 8.46. The van der Waals surface area contributed by atoms with Gasteiger partial charge < -0.3 is 9.47 Å². The van der Waals surface area contributed by atoms with Gasteiger partial charge in [-0.05, 0) is 71.7 Å². The molecule has 0 radical (unpaired) electrons. The van der Waals surface area contributed by atoms with Crippen molar-refractivity contribution in [1.82, 2.24) is 4.57 Å². The Bertz CT molecular complexity index is 2490. The van der Waals surface area contributed by atoms with Gasteiger partial charge in [-0.3, -0.25) is 4.90 Å². The summed E-state index contributed by atoms with van der Waals surface area (Å²) < 4.78 is 66.9. The van der Waals surface area contributed by atoms with Crippen molar-refractivity contribution in [2.45, 2.75) is 25.8 Å². The zero-order chi connectivity index (χ0) is 32.7. The second-order valence-corrected chi connectivity index (χ2v) is 13.0. The third-order valence-electron chi connectivity index (χ3n) is 10.5. The number of aryl methyl sites for hydroxylation is 2. The maximum atomic E-state index is 16.4. The van der Waals surface area contributed by atoms with E-state index in [2.05, 4.69) is 21.6 Å². The highest BCUT2D eigenvalue weighted by Gasteiger charge is 2.70. The van der Waals surface area contributed by atoms with Crippen molar-refractivity contribution in [2.24, 2.45) is 0 Å². The minimum atomic E-state index is -4.50. The van der Waals surface area contributed by atoms with Crippen molar-refractivity contribution in [3.05, 3.63) is 138 Å². The normalized spacial score (nSPS) is 16.0. The van der Waals surface area contributed by atoms with Crippen molar-refractivity contribution >= 4 is 73.3 Å². The molecule has 1 aromatic heterocycles. The first-order chi connectivity index (χ1) is 23.2. The highest BCUT2D eigenvalue weighted by molar-refractivity contribution is 7.00. The fourth-order valence-electron chi connectivity index (χ4n) is 8.46. The molecular formula is C40H26BF4N3. The summed E-state index contributed by atoms with van der Waals surface area (Å²) in [5.74, 6) is -4.39. The van der Waals surface area contributed by atoms with Crippen LogP contribution in [0.3, 0.4) is 0 Å². The largest absolute Gasteiger partial charge is 0.397 e. The second-order valence-electron chi connectivity index (χ2n) is 13.0. The van der Waals surface area contributed by atoms with Gasteiger partial charge in [0.25, 0.3) is 6.71 Å². The number of hydrogen-bond acceptors (Lipinski definition) is 2. The predicted molar refractivity (Wildman–Crippen MR) is 187 cm³/mol. The number of para-hydroxylation sites is 5. The van der Waals surface area contributed by atoms with Crippen LogP contribution in [0.2, 0.25) is 0 Å². The van der Waals surface area contributed by atoms with E-state index >= 15 is 17.6 Å². The Balaban J connectivity index is 1.40. The van der Waals surface area contributed by atoms with Gasteiger partial charge >= 0.3 is 12.0 Å². The van der Waals surface area contributed by atoms with Crippen LogP contribution in [0, 0.1) is 13.8 Å². The molecule has 232 valence electrons. The Morgan fingerprint density at radius 2 is 1.23 bits per heavy atom. The highest BCUT2D eigenvalue weighted by Crippen LogP contribution is 2.59. The molecule has 7 aromatic rings. The minimum absolute atomic E-state index is 0.0854. The van der Waals surface area contributed by atoms with Crippen LogP contribution in [0.15, 0.2) is 121 Å². The fraction of sp³-hybridized carbons (Fsp3) is 0.100. The summed E-state index contributed by atoms with van der Waals surface area (Å²) in [4.78, 5) is 2.69. The summed E-state index contributed by atoms with van der Waals surface area (Å²) in [6.07, 6.45) is 0. The van der Waals surface area contributed by atoms with Crippen molar-refractivity contribution in [2.75, 3.05) is 9.80 Å². The Labute approximate surface area is 274 Å². The first-order valence-corrected chi connectivity index (χ1v) is 16.0. The van der Waals surface area contributed by atoms with E-state index in [0.29, 0.717) is 27.2 Å². The molecule has 3 aliphatic rings. The molecule has 10 rings (SSSR count). The third-order valence-corrected chi connectivity index (χ3v) is 10.5. The zero-order valence-corrected chi connectivity index (χ0v) is 26.0. The summed E-state index contributed by atoms with van der Waals surface area (Å²) in [7, 11) is 0. The van der Waals surface area contributed by atoms with Gasteiger partial charge in [0.2, 0.25) is 0 Å². The van der Waals surface area contributed by atoms with Crippen LogP contribution >= 0.6 is 0 Å². The van der Waals surface area contributed by atoms with Gasteiger partial charge in [-0.1, -0.05) is 91.0 Å². The molecule has 8 heteroatoms. The number of fused-ring (bicyclic) bond motifs is 7. The number of rotatable bonds is 3. The predicted octanol–water partition coefficient (Wildman–Crippen LogP) is 8.85. The van der Waals surface area contributed by atoms with E-state index in [0.717, 1.165) is 55.8 Å². The highest BCUT2D eigenvalue weighted by atomic mass is 19.3. The quantitative estimate of drug-likeness (QED) is 0.109. The lowest BCUT2D eigenvalue weighted by molar-refractivity contribution is -0.200. The molecule has 4 heterocycles. The number of alkyl halides is 4. The lowest BCUT2D eigenvalue weighted by Crippen LogP contribution is -2.62. The molecule has 0 saturated carbocycles. The Morgan fingerprint density at radius 1 is 0.625 bits per heavy atom. The average molecular weight is 635 g/mol. The lowest BCUT2D eigenvalue weighted by atomic mass is 9.34. The maximum absolute atomic E-state index is 16.4. The molecule has 0 amide bonds. The van der Waals surface area contributed by atoms with E-state index < -0.39 is 24.2 Å². The van der Waals surface area contributed by atoms with Crippen LogP contribution < -0.4 is 26.2 Å². The molecule has 0 fully saturated rings. The van der Waals surface area contributed by atoms with Gasteiger partial charge in [0.05, 0.1) is 22.5 Å². The van der Waals surface area contributed by atoms with Crippen LogP contribution in [-0.2, 0) is 5.92 Å². The van der Waals surface area contributed by atoms with Gasteiger partial charge in [0.1, 0.15) is 0 Å². The first-order valence-electron chi connectivity index (χ1n) is 16.0. The number of benzene rings is 6. The van der Waals surface area contributed by atoms with E-state index in [1.807, 2.05) is 98.8 Å². The minimum Gasteiger partial charge on any atom is -0.310 e. The Kier molecular flexibility index (Phi) is 5.23. The van der Waals surface area contributed by atoms with E-state index in [9.17, 15) is 0 Å². The van der Waals surface area contributed by atoms with E-state index in [-0.39, 0.29) is 11.4 Å². The molecule has 0 atom stereocenters. The molecule has 6 aromatic carbocycles.